The maximum absolute atomic E-state index is 11.9. The molecule has 1 aromatic carbocycles. The topological polar surface area (TPSA) is 44.8 Å². The van der Waals surface area contributed by atoms with E-state index in [1.54, 1.807) is 14.2 Å². The summed E-state index contributed by atoms with van der Waals surface area (Å²) in [6, 6.07) is 5.91. The number of rotatable bonds is 21. The third-order valence-electron chi connectivity index (χ3n) is 5.96. The Morgan fingerprint density at radius 3 is 2.00 bits per heavy atom. The maximum atomic E-state index is 11.9. The highest BCUT2D eigenvalue weighted by molar-refractivity contribution is 5.69. The molecule has 4 heteroatoms. The highest BCUT2D eigenvalue weighted by Gasteiger charge is 2.06. The minimum atomic E-state index is -0.0695. The number of carbonyl (C=O) groups excluding carboxylic acids is 1. The standard InChI is InChI=1S/C29H48O4/c1-4-5-6-7-8-9-10-11-12-13-14-15-16-17-18-21-29(30)33-24-19-20-26-22-23-27(31-2)28(25-26)32-3/h11-12,22-23,25H,4-10,13-21,24H2,1-3H3. The van der Waals surface area contributed by atoms with Crippen molar-refractivity contribution in [3.63, 3.8) is 0 Å². The van der Waals surface area contributed by atoms with Crippen LogP contribution in [0.1, 0.15) is 109 Å². The molecule has 0 bridgehead atoms. The van der Waals surface area contributed by atoms with Crippen molar-refractivity contribution in [2.24, 2.45) is 0 Å². The Balaban J connectivity index is 1.92. The number of aryl methyl sites for hydroxylation is 1. The number of allylic oxidation sites excluding steroid dienone is 2. The molecule has 0 amide bonds. The molecular weight excluding hydrogens is 412 g/mol. The van der Waals surface area contributed by atoms with E-state index in [2.05, 4.69) is 19.1 Å². The van der Waals surface area contributed by atoms with Crippen LogP contribution in [0.2, 0.25) is 0 Å². The first-order chi connectivity index (χ1) is 16.2. The molecule has 0 N–H and O–H groups in total. The van der Waals surface area contributed by atoms with E-state index in [-0.39, 0.29) is 5.97 Å². The number of unbranched alkanes of at least 4 members (excludes halogenated alkanes) is 11. The lowest BCUT2D eigenvalue weighted by Gasteiger charge is -2.10. The van der Waals surface area contributed by atoms with Crippen LogP contribution in [-0.4, -0.2) is 26.8 Å². The molecule has 0 atom stereocenters. The van der Waals surface area contributed by atoms with Crippen LogP contribution in [0.4, 0.5) is 0 Å². The summed E-state index contributed by atoms with van der Waals surface area (Å²) in [4.78, 5) is 11.9. The molecule has 0 spiro atoms. The predicted molar refractivity (Wildman–Crippen MR) is 138 cm³/mol. The average molecular weight is 461 g/mol. The minimum absolute atomic E-state index is 0.0695. The minimum Gasteiger partial charge on any atom is -0.493 e. The van der Waals surface area contributed by atoms with Crippen LogP contribution < -0.4 is 9.47 Å². The van der Waals surface area contributed by atoms with Gasteiger partial charge >= 0.3 is 5.97 Å². The van der Waals surface area contributed by atoms with Gasteiger partial charge < -0.3 is 14.2 Å². The Kier molecular flexibility index (Phi) is 18.2. The summed E-state index contributed by atoms with van der Waals surface area (Å²) in [5.41, 5.74) is 1.15. The number of methoxy groups -OCH3 is 2. The fourth-order valence-corrected chi connectivity index (χ4v) is 3.91. The number of carbonyl (C=O) groups is 1. The second-order valence-corrected chi connectivity index (χ2v) is 8.85. The molecule has 1 aromatic rings. The van der Waals surface area contributed by atoms with Gasteiger partial charge in [-0.3, -0.25) is 4.79 Å². The molecule has 0 saturated carbocycles. The van der Waals surface area contributed by atoms with Crippen LogP contribution in [0.3, 0.4) is 0 Å². The summed E-state index contributed by atoms with van der Waals surface area (Å²) >= 11 is 0. The molecule has 0 aliphatic heterocycles. The Bertz CT molecular complexity index is 639. The largest absolute Gasteiger partial charge is 0.493 e. The smallest absolute Gasteiger partial charge is 0.305 e. The Labute approximate surface area is 203 Å². The second-order valence-electron chi connectivity index (χ2n) is 8.85. The normalized spacial score (nSPS) is 11.1. The van der Waals surface area contributed by atoms with Gasteiger partial charge in [-0.15, -0.1) is 0 Å². The van der Waals surface area contributed by atoms with E-state index in [0.717, 1.165) is 42.7 Å². The SMILES string of the molecule is CCCCCCCCC=CCCCCCCCC(=O)OCCCc1ccc(OC)c(OC)c1. The lowest BCUT2D eigenvalue weighted by molar-refractivity contribution is -0.143. The van der Waals surface area contributed by atoms with Crippen LogP contribution >= 0.6 is 0 Å². The Hall–Kier alpha value is -1.97. The molecule has 0 fully saturated rings. The first kappa shape index (κ1) is 29.1. The number of hydrogen-bond acceptors (Lipinski definition) is 4. The first-order valence-corrected chi connectivity index (χ1v) is 13.2. The molecule has 0 aliphatic rings. The van der Waals surface area contributed by atoms with Crippen LogP contribution in [0.15, 0.2) is 30.4 Å². The van der Waals surface area contributed by atoms with Gasteiger partial charge in [-0.1, -0.05) is 76.5 Å². The first-order valence-electron chi connectivity index (χ1n) is 13.2. The zero-order chi connectivity index (χ0) is 24.0. The van der Waals surface area contributed by atoms with Gasteiger partial charge in [0.25, 0.3) is 0 Å². The zero-order valence-corrected chi connectivity index (χ0v) is 21.5. The molecule has 0 aliphatic carbocycles. The van der Waals surface area contributed by atoms with Gasteiger partial charge in [0, 0.05) is 6.42 Å². The van der Waals surface area contributed by atoms with Gasteiger partial charge in [0.2, 0.25) is 0 Å². The van der Waals surface area contributed by atoms with Gasteiger partial charge in [-0.25, -0.2) is 0 Å². The fraction of sp³-hybridized carbons (Fsp3) is 0.690. The molecule has 0 unspecified atom stereocenters. The van der Waals surface area contributed by atoms with Gasteiger partial charge in [0.05, 0.1) is 20.8 Å². The Morgan fingerprint density at radius 2 is 1.36 bits per heavy atom. The molecule has 4 nitrogen and oxygen atoms in total. The molecule has 0 aromatic heterocycles. The van der Waals surface area contributed by atoms with Crippen molar-refractivity contribution < 1.29 is 19.0 Å². The monoisotopic (exact) mass is 460 g/mol. The van der Waals surface area contributed by atoms with Gasteiger partial charge in [0.15, 0.2) is 11.5 Å². The van der Waals surface area contributed by atoms with Crippen LogP contribution in [-0.2, 0) is 16.0 Å². The lowest BCUT2D eigenvalue weighted by Crippen LogP contribution is -2.06. The molecule has 0 saturated heterocycles. The molecule has 0 heterocycles. The van der Waals surface area contributed by atoms with Crippen molar-refractivity contribution in [3.8, 4) is 11.5 Å². The Morgan fingerprint density at radius 1 is 0.758 bits per heavy atom. The average Bonchev–Trinajstić information content (AvgIpc) is 2.84. The van der Waals surface area contributed by atoms with E-state index in [4.69, 9.17) is 14.2 Å². The zero-order valence-electron chi connectivity index (χ0n) is 21.5. The van der Waals surface area contributed by atoms with Crippen molar-refractivity contribution in [2.75, 3.05) is 20.8 Å². The van der Waals surface area contributed by atoms with Gasteiger partial charge in [-0.05, 0) is 62.6 Å². The van der Waals surface area contributed by atoms with Crippen molar-refractivity contribution in [1.29, 1.82) is 0 Å². The number of benzene rings is 1. The van der Waals surface area contributed by atoms with Crippen LogP contribution in [0, 0.1) is 0 Å². The van der Waals surface area contributed by atoms with Crippen molar-refractivity contribution in [3.05, 3.63) is 35.9 Å². The lowest BCUT2D eigenvalue weighted by atomic mass is 10.1. The highest BCUT2D eigenvalue weighted by atomic mass is 16.5. The summed E-state index contributed by atoms with van der Waals surface area (Å²) in [6.45, 7) is 2.74. The van der Waals surface area contributed by atoms with E-state index < -0.39 is 0 Å². The third-order valence-corrected chi connectivity index (χ3v) is 5.96. The molecule has 33 heavy (non-hydrogen) atoms. The maximum Gasteiger partial charge on any atom is 0.305 e. The van der Waals surface area contributed by atoms with Crippen LogP contribution in [0.5, 0.6) is 11.5 Å². The van der Waals surface area contributed by atoms with Gasteiger partial charge in [-0.2, -0.15) is 0 Å². The van der Waals surface area contributed by atoms with Crippen molar-refractivity contribution in [1.82, 2.24) is 0 Å². The van der Waals surface area contributed by atoms with Crippen molar-refractivity contribution in [2.45, 2.75) is 110 Å². The van der Waals surface area contributed by atoms with Crippen LogP contribution in [0.25, 0.3) is 0 Å². The number of hydrogen-bond donors (Lipinski definition) is 0. The van der Waals surface area contributed by atoms with E-state index in [9.17, 15) is 4.79 Å². The summed E-state index contributed by atoms with van der Waals surface area (Å²) in [7, 11) is 3.27. The van der Waals surface area contributed by atoms with E-state index >= 15 is 0 Å². The summed E-state index contributed by atoms with van der Waals surface area (Å²) in [5, 5.41) is 0. The van der Waals surface area contributed by atoms with E-state index in [1.165, 1.54) is 70.6 Å². The van der Waals surface area contributed by atoms with E-state index in [0.29, 0.717) is 13.0 Å². The number of esters is 1. The summed E-state index contributed by atoms with van der Waals surface area (Å²) in [6.07, 6.45) is 23.3. The van der Waals surface area contributed by atoms with E-state index in [1.807, 2.05) is 18.2 Å². The summed E-state index contributed by atoms with van der Waals surface area (Å²) in [5.74, 6) is 1.39. The second kappa shape index (κ2) is 20.6. The quantitative estimate of drug-likeness (QED) is 0.105. The highest BCUT2D eigenvalue weighted by Crippen LogP contribution is 2.27. The molecular formula is C29H48O4. The molecule has 188 valence electrons. The predicted octanol–water partition coefficient (Wildman–Crippen LogP) is 8.22. The molecule has 1 rings (SSSR count). The number of ether oxygens (including phenoxy) is 3. The summed E-state index contributed by atoms with van der Waals surface area (Å²) < 4.78 is 16.0. The molecule has 0 radical (unpaired) electrons. The van der Waals surface area contributed by atoms with Gasteiger partial charge in [0.1, 0.15) is 0 Å². The third kappa shape index (κ3) is 15.5. The fourth-order valence-electron chi connectivity index (χ4n) is 3.91. The van der Waals surface area contributed by atoms with Crippen molar-refractivity contribution >= 4 is 5.97 Å².